The van der Waals surface area contributed by atoms with Gasteiger partial charge in [-0.05, 0) is 37.4 Å². The number of likely N-dealkylation sites (tertiary alicyclic amines) is 1. The molecule has 2 atom stereocenters. The second-order valence-corrected chi connectivity index (χ2v) is 9.25. The maximum atomic E-state index is 12.3. The minimum Gasteiger partial charge on any atom is -0.357 e. The first-order valence-electron chi connectivity index (χ1n) is 10.9. The van der Waals surface area contributed by atoms with Crippen LogP contribution in [0.4, 0.5) is 0 Å². The number of nitrogens with one attached hydrogen (secondary N) is 2. The second-order valence-electron chi connectivity index (χ2n) is 7.67. The van der Waals surface area contributed by atoms with Gasteiger partial charge in [-0.2, -0.15) is 0 Å². The van der Waals surface area contributed by atoms with Crippen molar-refractivity contribution in [3.8, 4) is 0 Å². The molecule has 0 aromatic heterocycles. The summed E-state index contributed by atoms with van der Waals surface area (Å²) in [5, 5.41) is 6.67. The first-order chi connectivity index (χ1) is 14.7. The van der Waals surface area contributed by atoms with Crippen LogP contribution < -0.4 is 10.6 Å². The van der Waals surface area contributed by atoms with Crippen molar-refractivity contribution in [3.63, 3.8) is 0 Å². The zero-order chi connectivity index (χ0) is 21.0. The molecule has 0 amide bonds. The van der Waals surface area contributed by atoms with Crippen molar-refractivity contribution in [3.05, 3.63) is 71.8 Å². The molecule has 1 fully saturated rings. The Morgan fingerprint density at radius 2 is 1.74 bits per heavy atom. The minimum atomic E-state index is -0.879. The molecular weight excluding hydrogens is 519 g/mol. The lowest BCUT2D eigenvalue weighted by Crippen LogP contribution is -2.40. The van der Waals surface area contributed by atoms with E-state index in [1.165, 1.54) is 18.4 Å². The molecule has 0 aliphatic carbocycles. The van der Waals surface area contributed by atoms with Crippen molar-refractivity contribution in [1.82, 2.24) is 15.5 Å². The van der Waals surface area contributed by atoms with Crippen LogP contribution in [-0.4, -0.2) is 53.0 Å². The van der Waals surface area contributed by atoms with Gasteiger partial charge in [-0.25, -0.2) is 0 Å². The van der Waals surface area contributed by atoms with Crippen molar-refractivity contribution < 1.29 is 4.21 Å². The van der Waals surface area contributed by atoms with E-state index in [-0.39, 0.29) is 24.0 Å². The first-order valence-corrected chi connectivity index (χ1v) is 12.4. The molecule has 1 saturated heterocycles. The van der Waals surface area contributed by atoms with Gasteiger partial charge in [0.25, 0.3) is 0 Å². The third kappa shape index (κ3) is 9.29. The van der Waals surface area contributed by atoms with Gasteiger partial charge in [0.15, 0.2) is 5.96 Å². The number of guanidine groups is 1. The Bertz CT molecular complexity index is 804. The lowest BCUT2D eigenvalue weighted by Gasteiger charge is -2.23. The summed E-state index contributed by atoms with van der Waals surface area (Å²) in [6.07, 6.45) is 2.42. The Morgan fingerprint density at radius 1 is 1.06 bits per heavy atom. The standard InChI is InChI=1S/C24H34N4OS.HI/c1-2-25-24(26-15-17-30(29)20-22-12-7-4-8-13-22)27-18-23-14-9-16-28(23)19-21-10-5-3-6-11-21;/h3-8,10-13,23H,2,9,14-20H2,1H3,(H2,25,26,27);1H. The van der Waals surface area contributed by atoms with E-state index in [0.717, 1.165) is 37.7 Å². The van der Waals surface area contributed by atoms with Crippen LogP contribution in [-0.2, 0) is 23.1 Å². The first kappa shape index (κ1) is 25.8. The lowest BCUT2D eigenvalue weighted by atomic mass is 10.2. The van der Waals surface area contributed by atoms with Crippen LogP contribution in [0.25, 0.3) is 0 Å². The van der Waals surface area contributed by atoms with E-state index < -0.39 is 10.8 Å². The van der Waals surface area contributed by atoms with Gasteiger partial charge < -0.3 is 10.6 Å². The van der Waals surface area contributed by atoms with E-state index in [0.29, 0.717) is 24.1 Å². The summed E-state index contributed by atoms with van der Waals surface area (Å²) in [7, 11) is -0.879. The average Bonchev–Trinajstić information content (AvgIpc) is 3.20. The fourth-order valence-electron chi connectivity index (χ4n) is 3.78. The van der Waals surface area contributed by atoms with E-state index in [9.17, 15) is 4.21 Å². The van der Waals surface area contributed by atoms with Crippen LogP contribution in [0.2, 0.25) is 0 Å². The highest BCUT2D eigenvalue weighted by molar-refractivity contribution is 14.0. The van der Waals surface area contributed by atoms with E-state index in [4.69, 9.17) is 4.99 Å². The largest absolute Gasteiger partial charge is 0.357 e. The van der Waals surface area contributed by atoms with E-state index >= 15 is 0 Å². The third-order valence-electron chi connectivity index (χ3n) is 5.32. The highest BCUT2D eigenvalue weighted by atomic mass is 127. The van der Waals surface area contributed by atoms with Gasteiger partial charge in [-0.15, -0.1) is 24.0 Å². The Kier molecular flexibility index (Phi) is 12.1. The van der Waals surface area contributed by atoms with Gasteiger partial charge >= 0.3 is 0 Å². The molecule has 1 aliphatic rings. The number of aliphatic imine (C=N–C) groups is 1. The van der Waals surface area contributed by atoms with Crippen molar-refractivity contribution in [2.45, 2.75) is 38.1 Å². The summed E-state index contributed by atoms with van der Waals surface area (Å²) in [6.45, 7) is 6.46. The summed E-state index contributed by atoms with van der Waals surface area (Å²) in [5.41, 5.74) is 2.48. The molecule has 3 rings (SSSR count). The molecule has 5 nitrogen and oxygen atoms in total. The van der Waals surface area contributed by atoms with Gasteiger partial charge in [0.2, 0.25) is 0 Å². The van der Waals surface area contributed by atoms with Gasteiger partial charge in [-0.3, -0.25) is 14.1 Å². The molecule has 0 bridgehead atoms. The zero-order valence-corrected chi connectivity index (χ0v) is 21.5. The van der Waals surface area contributed by atoms with Gasteiger partial charge in [-0.1, -0.05) is 60.7 Å². The Morgan fingerprint density at radius 3 is 2.42 bits per heavy atom. The average molecular weight is 555 g/mol. The molecule has 31 heavy (non-hydrogen) atoms. The normalized spacial score (nSPS) is 17.7. The van der Waals surface area contributed by atoms with Crippen LogP contribution in [0.1, 0.15) is 30.9 Å². The number of hydrogen-bond acceptors (Lipinski definition) is 3. The van der Waals surface area contributed by atoms with Crippen molar-refractivity contribution in [1.29, 1.82) is 0 Å². The topological polar surface area (TPSA) is 56.7 Å². The van der Waals surface area contributed by atoms with Crippen LogP contribution in [0.5, 0.6) is 0 Å². The molecule has 2 aromatic carbocycles. The Labute approximate surface area is 206 Å². The van der Waals surface area contributed by atoms with E-state index in [1.54, 1.807) is 0 Å². The summed E-state index contributed by atoms with van der Waals surface area (Å²) in [4.78, 5) is 7.36. The number of benzene rings is 2. The van der Waals surface area contributed by atoms with Crippen LogP contribution >= 0.6 is 24.0 Å². The quantitative estimate of drug-likeness (QED) is 0.267. The van der Waals surface area contributed by atoms with Crippen molar-refractivity contribution in [2.75, 3.05) is 31.9 Å². The van der Waals surface area contributed by atoms with E-state index in [2.05, 4.69) is 52.8 Å². The molecule has 2 N–H and O–H groups in total. The molecular formula is C24H35IN4OS. The second kappa shape index (κ2) is 14.6. The molecule has 0 radical (unpaired) electrons. The fourth-order valence-corrected chi connectivity index (χ4v) is 4.82. The van der Waals surface area contributed by atoms with Crippen LogP contribution in [0, 0.1) is 0 Å². The third-order valence-corrected chi connectivity index (χ3v) is 6.64. The van der Waals surface area contributed by atoms with Crippen LogP contribution in [0.3, 0.4) is 0 Å². The lowest BCUT2D eigenvalue weighted by molar-refractivity contribution is 0.250. The number of nitrogens with zero attached hydrogens (tertiary/aromatic N) is 2. The number of hydrogen-bond donors (Lipinski definition) is 2. The predicted molar refractivity (Wildman–Crippen MR) is 142 cm³/mol. The number of halogens is 1. The molecule has 7 heteroatoms. The molecule has 0 spiro atoms. The molecule has 0 saturated carbocycles. The molecule has 2 unspecified atom stereocenters. The smallest absolute Gasteiger partial charge is 0.191 e. The fraction of sp³-hybridized carbons (Fsp3) is 0.458. The highest BCUT2D eigenvalue weighted by Gasteiger charge is 2.24. The summed E-state index contributed by atoms with van der Waals surface area (Å²) < 4.78 is 12.3. The minimum absolute atomic E-state index is 0. The van der Waals surface area contributed by atoms with Gasteiger partial charge in [0.1, 0.15) is 0 Å². The maximum Gasteiger partial charge on any atom is 0.191 e. The zero-order valence-electron chi connectivity index (χ0n) is 18.3. The molecule has 1 heterocycles. The van der Waals surface area contributed by atoms with Crippen LogP contribution in [0.15, 0.2) is 65.7 Å². The molecule has 1 aliphatic heterocycles. The van der Waals surface area contributed by atoms with Gasteiger partial charge in [0, 0.05) is 48.0 Å². The number of rotatable bonds is 10. The summed E-state index contributed by atoms with van der Waals surface area (Å²) in [5.74, 6) is 2.04. The monoisotopic (exact) mass is 554 g/mol. The molecule has 170 valence electrons. The SMILES string of the molecule is CCNC(=NCC1CCCN1Cc1ccccc1)NCCS(=O)Cc1ccccc1.I. The van der Waals surface area contributed by atoms with Crippen molar-refractivity contribution >= 4 is 40.7 Å². The highest BCUT2D eigenvalue weighted by Crippen LogP contribution is 2.20. The Balaban J connectivity index is 0.00000341. The molecule has 2 aromatic rings. The Hall–Kier alpha value is -1.45. The predicted octanol–water partition coefficient (Wildman–Crippen LogP) is 3.77. The summed E-state index contributed by atoms with van der Waals surface area (Å²) >= 11 is 0. The van der Waals surface area contributed by atoms with Crippen molar-refractivity contribution in [2.24, 2.45) is 4.99 Å². The van der Waals surface area contributed by atoms with E-state index in [1.807, 2.05) is 30.3 Å². The summed E-state index contributed by atoms with van der Waals surface area (Å²) in [6, 6.07) is 21.2. The maximum absolute atomic E-state index is 12.3. The van der Waals surface area contributed by atoms with Gasteiger partial charge in [0.05, 0.1) is 6.54 Å².